The van der Waals surface area contributed by atoms with E-state index >= 15 is 0 Å². The summed E-state index contributed by atoms with van der Waals surface area (Å²) >= 11 is 0. The zero-order valence-electron chi connectivity index (χ0n) is 19.2. The topological polar surface area (TPSA) is 95.5 Å². The molecule has 1 amide bonds. The Morgan fingerprint density at radius 3 is 2.12 bits per heavy atom. The fraction of sp³-hybridized carbons (Fsp3) is 0.192. The molecule has 0 aliphatic heterocycles. The molecule has 3 rings (SSSR count). The molecule has 0 spiro atoms. The van der Waals surface area contributed by atoms with Gasteiger partial charge < -0.3 is 18.9 Å². The summed E-state index contributed by atoms with van der Waals surface area (Å²) in [5.74, 6) is 0.694. The Hall–Kier alpha value is -4.33. The first-order valence-electron chi connectivity index (χ1n) is 10.5. The van der Waals surface area contributed by atoms with E-state index in [9.17, 15) is 9.59 Å². The number of hydrogen-bond donors (Lipinski definition) is 1. The minimum Gasteiger partial charge on any atom is -0.493 e. The highest BCUT2D eigenvalue weighted by Gasteiger charge is 2.18. The number of benzene rings is 3. The van der Waals surface area contributed by atoms with Crippen molar-refractivity contribution < 1.29 is 28.5 Å². The number of nitrogens with one attached hydrogen (secondary N) is 1. The van der Waals surface area contributed by atoms with E-state index in [0.29, 0.717) is 35.8 Å². The van der Waals surface area contributed by atoms with Crippen LogP contribution in [0, 0.1) is 0 Å². The molecule has 3 aromatic carbocycles. The van der Waals surface area contributed by atoms with Gasteiger partial charge in [-0.15, -0.1) is 0 Å². The second-order valence-electron chi connectivity index (χ2n) is 7.15. The Labute approximate surface area is 198 Å². The number of rotatable bonds is 10. The molecular weight excluding hydrogens is 436 g/mol. The van der Waals surface area contributed by atoms with Crippen molar-refractivity contribution in [3.63, 3.8) is 0 Å². The molecule has 176 valence electrons. The summed E-state index contributed by atoms with van der Waals surface area (Å²) in [6.45, 7) is 0. The number of nitrogens with zero attached hydrogens (tertiary/aromatic N) is 1. The van der Waals surface area contributed by atoms with Gasteiger partial charge in [0, 0.05) is 6.42 Å². The number of esters is 1. The van der Waals surface area contributed by atoms with Crippen LogP contribution in [-0.4, -0.2) is 39.4 Å². The van der Waals surface area contributed by atoms with Gasteiger partial charge in [-0.1, -0.05) is 30.3 Å². The fourth-order valence-corrected chi connectivity index (χ4v) is 3.12. The van der Waals surface area contributed by atoms with Crippen LogP contribution in [0.1, 0.15) is 27.9 Å². The van der Waals surface area contributed by atoms with Crippen LogP contribution >= 0.6 is 0 Å². The molecule has 8 heteroatoms. The first-order chi connectivity index (χ1) is 16.5. The van der Waals surface area contributed by atoms with Gasteiger partial charge in [0.15, 0.2) is 11.5 Å². The smallest absolute Gasteiger partial charge is 0.343 e. The van der Waals surface area contributed by atoms with Crippen LogP contribution < -0.4 is 24.4 Å². The standard InChI is InChI=1S/C26H26N2O6/c1-31-22-15-20(16-23(32-2)25(22)33-3)26(30)34-21-12-9-19(10-13-21)17-27-28-24(29)14-11-18-7-5-4-6-8-18/h4-10,12-13,15-17H,11,14H2,1-3H3,(H,28,29). The van der Waals surface area contributed by atoms with Gasteiger partial charge in [0.1, 0.15) is 5.75 Å². The van der Waals surface area contributed by atoms with Crippen molar-refractivity contribution >= 4 is 18.1 Å². The molecule has 0 unspecified atom stereocenters. The van der Waals surface area contributed by atoms with E-state index in [4.69, 9.17) is 18.9 Å². The Bertz CT molecular complexity index is 1120. The van der Waals surface area contributed by atoms with E-state index < -0.39 is 5.97 Å². The molecule has 1 N–H and O–H groups in total. The molecule has 0 radical (unpaired) electrons. The van der Waals surface area contributed by atoms with E-state index in [2.05, 4.69) is 10.5 Å². The van der Waals surface area contributed by atoms with Crippen LogP contribution in [0.2, 0.25) is 0 Å². The third kappa shape index (κ3) is 6.59. The first kappa shape index (κ1) is 24.3. The van der Waals surface area contributed by atoms with Crippen molar-refractivity contribution in [3.05, 3.63) is 83.4 Å². The molecule has 0 atom stereocenters. The van der Waals surface area contributed by atoms with Gasteiger partial charge in [-0.25, -0.2) is 10.2 Å². The SMILES string of the molecule is COc1cc(C(=O)Oc2ccc(C=NNC(=O)CCc3ccccc3)cc2)cc(OC)c1OC. The lowest BCUT2D eigenvalue weighted by molar-refractivity contribution is -0.121. The van der Waals surface area contributed by atoms with Gasteiger partial charge in [-0.2, -0.15) is 5.10 Å². The van der Waals surface area contributed by atoms with E-state index in [0.717, 1.165) is 11.1 Å². The monoisotopic (exact) mass is 462 g/mol. The first-order valence-corrected chi connectivity index (χ1v) is 10.5. The third-order valence-corrected chi connectivity index (χ3v) is 4.88. The quantitative estimate of drug-likeness (QED) is 0.212. The summed E-state index contributed by atoms with van der Waals surface area (Å²) in [5, 5.41) is 3.97. The zero-order valence-corrected chi connectivity index (χ0v) is 19.2. The molecule has 3 aromatic rings. The molecular formula is C26H26N2O6. The molecule has 0 heterocycles. The van der Waals surface area contributed by atoms with Crippen LogP contribution in [0.3, 0.4) is 0 Å². The summed E-state index contributed by atoms with van der Waals surface area (Å²) in [5.41, 5.74) is 4.59. The summed E-state index contributed by atoms with van der Waals surface area (Å²) in [6, 6.07) is 19.5. The number of carbonyl (C=O) groups is 2. The highest BCUT2D eigenvalue weighted by Crippen LogP contribution is 2.38. The van der Waals surface area contributed by atoms with Crippen molar-refractivity contribution in [3.8, 4) is 23.0 Å². The van der Waals surface area contributed by atoms with E-state index in [1.807, 2.05) is 30.3 Å². The minimum absolute atomic E-state index is 0.170. The molecule has 0 aromatic heterocycles. The third-order valence-electron chi connectivity index (χ3n) is 4.88. The summed E-state index contributed by atoms with van der Waals surface area (Å²) in [6.07, 6.45) is 2.51. The summed E-state index contributed by atoms with van der Waals surface area (Å²) < 4.78 is 21.2. The van der Waals surface area contributed by atoms with E-state index in [1.54, 1.807) is 24.3 Å². The lowest BCUT2D eigenvalue weighted by atomic mass is 10.1. The highest BCUT2D eigenvalue weighted by molar-refractivity contribution is 5.93. The molecule has 0 bridgehead atoms. The normalized spacial score (nSPS) is 10.6. The van der Waals surface area contributed by atoms with Crippen molar-refractivity contribution in [1.29, 1.82) is 0 Å². The molecule has 0 fully saturated rings. The number of aryl methyl sites for hydroxylation is 1. The predicted molar refractivity (Wildman–Crippen MR) is 128 cm³/mol. The van der Waals surface area contributed by atoms with E-state index in [-0.39, 0.29) is 11.5 Å². The zero-order chi connectivity index (χ0) is 24.3. The van der Waals surface area contributed by atoms with Gasteiger partial charge in [-0.05, 0) is 53.9 Å². The van der Waals surface area contributed by atoms with Crippen LogP contribution in [-0.2, 0) is 11.2 Å². The van der Waals surface area contributed by atoms with Crippen LogP contribution in [0.25, 0.3) is 0 Å². The van der Waals surface area contributed by atoms with Crippen molar-refractivity contribution in [1.82, 2.24) is 5.43 Å². The lowest BCUT2D eigenvalue weighted by Crippen LogP contribution is -2.17. The second kappa shape index (κ2) is 12.1. The van der Waals surface area contributed by atoms with Gasteiger partial charge in [0.05, 0.1) is 33.1 Å². The molecule has 34 heavy (non-hydrogen) atoms. The van der Waals surface area contributed by atoms with E-state index in [1.165, 1.54) is 39.7 Å². The summed E-state index contributed by atoms with van der Waals surface area (Å²) in [7, 11) is 4.43. The Balaban J connectivity index is 1.55. The Kier molecular flexibility index (Phi) is 8.62. The van der Waals surface area contributed by atoms with Gasteiger partial charge >= 0.3 is 5.97 Å². The number of hydrazone groups is 1. The Morgan fingerprint density at radius 2 is 1.53 bits per heavy atom. The Morgan fingerprint density at radius 1 is 0.882 bits per heavy atom. The number of methoxy groups -OCH3 is 3. The van der Waals surface area contributed by atoms with Gasteiger partial charge in [0.2, 0.25) is 11.7 Å². The average molecular weight is 463 g/mol. The molecule has 0 saturated carbocycles. The number of carbonyl (C=O) groups excluding carboxylic acids is 2. The molecule has 0 aliphatic carbocycles. The molecule has 8 nitrogen and oxygen atoms in total. The number of hydrogen-bond acceptors (Lipinski definition) is 7. The maximum absolute atomic E-state index is 12.6. The molecule has 0 saturated heterocycles. The van der Waals surface area contributed by atoms with Crippen molar-refractivity contribution in [2.45, 2.75) is 12.8 Å². The van der Waals surface area contributed by atoms with Crippen LogP contribution in [0.4, 0.5) is 0 Å². The van der Waals surface area contributed by atoms with Crippen molar-refractivity contribution in [2.75, 3.05) is 21.3 Å². The minimum atomic E-state index is -0.577. The predicted octanol–water partition coefficient (Wildman–Crippen LogP) is 4.01. The largest absolute Gasteiger partial charge is 0.493 e. The number of amides is 1. The van der Waals surface area contributed by atoms with Crippen LogP contribution in [0.15, 0.2) is 71.8 Å². The average Bonchev–Trinajstić information content (AvgIpc) is 2.88. The van der Waals surface area contributed by atoms with Crippen molar-refractivity contribution in [2.24, 2.45) is 5.10 Å². The maximum atomic E-state index is 12.6. The summed E-state index contributed by atoms with van der Waals surface area (Å²) in [4.78, 5) is 24.5. The lowest BCUT2D eigenvalue weighted by Gasteiger charge is -2.13. The highest BCUT2D eigenvalue weighted by atomic mass is 16.5. The van der Waals surface area contributed by atoms with Gasteiger partial charge in [-0.3, -0.25) is 4.79 Å². The molecule has 0 aliphatic rings. The fourth-order valence-electron chi connectivity index (χ4n) is 3.12. The number of ether oxygens (including phenoxy) is 4. The maximum Gasteiger partial charge on any atom is 0.343 e. The van der Waals surface area contributed by atoms with Gasteiger partial charge in [0.25, 0.3) is 0 Å². The second-order valence-corrected chi connectivity index (χ2v) is 7.15. The van der Waals surface area contributed by atoms with Crippen LogP contribution in [0.5, 0.6) is 23.0 Å².